The molecule has 2 aromatic heterocycles. The van der Waals surface area contributed by atoms with Gasteiger partial charge in [0.15, 0.2) is 5.76 Å². The van der Waals surface area contributed by atoms with E-state index in [0.717, 1.165) is 28.6 Å². The smallest absolute Gasteiger partial charge is 0.289 e. The maximum absolute atomic E-state index is 12.6. The first-order valence-electron chi connectivity index (χ1n) is 6.87. The van der Waals surface area contributed by atoms with Gasteiger partial charge in [0, 0.05) is 36.7 Å². The van der Waals surface area contributed by atoms with Crippen LogP contribution in [-0.2, 0) is 13.0 Å². The van der Waals surface area contributed by atoms with Crippen molar-refractivity contribution in [3.05, 3.63) is 59.9 Å². The van der Waals surface area contributed by atoms with E-state index in [0.29, 0.717) is 18.8 Å². The van der Waals surface area contributed by atoms with Crippen molar-refractivity contribution in [2.75, 3.05) is 6.54 Å². The fourth-order valence-electron chi connectivity index (χ4n) is 2.68. The van der Waals surface area contributed by atoms with Gasteiger partial charge < -0.3 is 9.32 Å². The van der Waals surface area contributed by atoms with E-state index in [4.69, 9.17) is 4.42 Å². The molecule has 5 nitrogen and oxygen atoms in total. The fourth-order valence-corrected chi connectivity index (χ4v) is 2.68. The Morgan fingerprint density at radius 1 is 1.29 bits per heavy atom. The third-order valence-electron chi connectivity index (χ3n) is 3.78. The van der Waals surface area contributed by atoms with Gasteiger partial charge in [-0.25, -0.2) is 9.97 Å². The lowest BCUT2D eigenvalue weighted by molar-refractivity contribution is 0.0703. The Balaban J connectivity index is 1.63. The van der Waals surface area contributed by atoms with Crippen LogP contribution in [-0.4, -0.2) is 27.3 Å². The third-order valence-corrected chi connectivity index (χ3v) is 3.78. The highest BCUT2D eigenvalue weighted by atomic mass is 16.3. The van der Waals surface area contributed by atoms with E-state index in [-0.39, 0.29) is 5.91 Å². The van der Waals surface area contributed by atoms with Crippen molar-refractivity contribution in [1.82, 2.24) is 14.9 Å². The molecule has 3 aromatic rings. The van der Waals surface area contributed by atoms with Crippen LogP contribution in [0.1, 0.15) is 21.8 Å². The quantitative estimate of drug-likeness (QED) is 0.686. The predicted molar refractivity (Wildman–Crippen MR) is 76.7 cm³/mol. The van der Waals surface area contributed by atoms with Crippen molar-refractivity contribution in [3.63, 3.8) is 0 Å². The van der Waals surface area contributed by atoms with E-state index in [1.54, 1.807) is 23.5 Å². The first-order chi connectivity index (χ1) is 10.3. The number of rotatable bonds is 1. The maximum Gasteiger partial charge on any atom is 0.289 e. The van der Waals surface area contributed by atoms with E-state index in [2.05, 4.69) is 9.97 Å². The molecule has 5 heteroatoms. The average Bonchev–Trinajstić information content (AvgIpc) is 2.97. The van der Waals surface area contributed by atoms with E-state index in [1.807, 2.05) is 24.3 Å². The van der Waals surface area contributed by atoms with E-state index >= 15 is 0 Å². The zero-order valence-corrected chi connectivity index (χ0v) is 11.3. The molecule has 21 heavy (non-hydrogen) atoms. The molecule has 4 rings (SSSR count). The summed E-state index contributed by atoms with van der Waals surface area (Å²) >= 11 is 0. The Morgan fingerprint density at radius 2 is 2.19 bits per heavy atom. The topological polar surface area (TPSA) is 59.2 Å². The van der Waals surface area contributed by atoms with E-state index in [9.17, 15) is 4.79 Å². The van der Waals surface area contributed by atoms with Crippen molar-refractivity contribution in [3.8, 4) is 0 Å². The Kier molecular flexibility index (Phi) is 2.70. The number of nitrogens with zero attached hydrogens (tertiary/aromatic N) is 3. The minimum absolute atomic E-state index is 0.0827. The van der Waals surface area contributed by atoms with Crippen molar-refractivity contribution >= 4 is 16.9 Å². The molecule has 1 amide bonds. The standard InChI is InChI=1S/C16H13N3O2/c20-16(15-7-11-3-1-2-4-14(11)21-15)19-6-5-13-12(9-19)8-17-10-18-13/h1-4,7-8,10H,5-6,9H2. The Bertz CT molecular complexity index is 792. The second-order valence-electron chi connectivity index (χ2n) is 5.12. The molecule has 0 saturated heterocycles. The molecule has 1 aliphatic rings. The van der Waals surface area contributed by atoms with Gasteiger partial charge in [0.2, 0.25) is 0 Å². The minimum Gasteiger partial charge on any atom is -0.451 e. The van der Waals surface area contributed by atoms with Crippen molar-refractivity contribution in [1.29, 1.82) is 0 Å². The van der Waals surface area contributed by atoms with Crippen LogP contribution in [0.2, 0.25) is 0 Å². The van der Waals surface area contributed by atoms with Gasteiger partial charge in [-0.1, -0.05) is 18.2 Å². The molecule has 104 valence electrons. The Hall–Kier alpha value is -2.69. The van der Waals surface area contributed by atoms with Crippen LogP contribution in [0.25, 0.3) is 11.0 Å². The number of hydrogen-bond acceptors (Lipinski definition) is 4. The molecule has 0 fully saturated rings. The summed E-state index contributed by atoms with van der Waals surface area (Å²) in [7, 11) is 0. The van der Waals surface area contributed by atoms with Gasteiger partial charge in [-0.15, -0.1) is 0 Å². The summed E-state index contributed by atoms with van der Waals surface area (Å²) in [4.78, 5) is 22.6. The average molecular weight is 279 g/mol. The molecule has 1 aliphatic heterocycles. The first kappa shape index (κ1) is 12.1. The zero-order valence-electron chi connectivity index (χ0n) is 11.3. The molecule has 1 aromatic carbocycles. The van der Waals surface area contributed by atoms with Crippen LogP contribution in [0.15, 0.2) is 47.3 Å². The van der Waals surface area contributed by atoms with Crippen molar-refractivity contribution in [2.45, 2.75) is 13.0 Å². The number of carbonyl (C=O) groups is 1. The fraction of sp³-hybridized carbons (Fsp3) is 0.188. The number of amides is 1. The highest BCUT2D eigenvalue weighted by Gasteiger charge is 2.24. The first-order valence-corrected chi connectivity index (χ1v) is 6.87. The zero-order chi connectivity index (χ0) is 14.2. The summed E-state index contributed by atoms with van der Waals surface area (Å²) in [5.74, 6) is 0.303. The van der Waals surface area contributed by atoms with Crippen molar-refractivity contribution < 1.29 is 9.21 Å². The second kappa shape index (κ2) is 4.70. The molecular weight excluding hydrogens is 266 g/mol. The molecule has 0 spiro atoms. The number of benzene rings is 1. The highest BCUT2D eigenvalue weighted by molar-refractivity contribution is 5.96. The number of hydrogen-bond donors (Lipinski definition) is 0. The van der Waals surface area contributed by atoms with Gasteiger partial charge in [-0.3, -0.25) is 4.79 Å². The minimum atomic E-state index is -0.0827. The van der Waals surface area contributed by atoms with Gasteiger partial charge in [0.25, 0.3) is 5.91 Å². The number of para-hydroxylation sites is 1. The SMILES string of the molecule is O=C(c1cc2ccccc2o1)N1CCc2ncncc2C1. The van der Waals surface area contributed by atoms with Gasteiger partial charge >= 0.3 is 0 Å². The Labute approximate surface area is 121 Å². The van der Waals surface area contributed by atoms with E-state index < -0.39 is 0 Å². The molecule has 0 radical (unpaired) electrons. The molecular formula is C16H13N3O2. The normalized spacial score (nSPS) is 14.2. The van der Waals surface area contributed by atoms with Crippen LogP contribution in [0.4, 0.5) is 0 Å². The monoisotopic (exact) mass is 279 g/mol. The molecule has 0 aliphatic carbocycles. The number of carbonyl (C=O) groups excluding carboxylic acids is 1. The molecule has 3 heterocycles. The lowest BCUT2D eigenvalue weighted by atomic mass is 10.1. The molecule has 0 unspecified atom stereocenters. The molecule has 0 N–H and O–H groups in total. The second-order valence-corrected chi connectivity index (χ2v) is 5.12. The summed E-state index contributed by atoms with van der Waals surface area (Å²) in [6.45, 7) is 1.19. The summed E-state index contributed by atoms with van der Waals surface area (Å²) in [5, 5.41) is 0.946. The lowest BCUT2D eigenvalue weighted by Crippen LogP contribution is -2.36. The summed E-state index contributed by atoms with van der Waals surface area (Å²) < 4.78 is 5.65. The summed E-state index contributed by atoms with van der Waals surface area (Å²) in [6, 6.07) is 9.43. The molecule has 0 bridgehead atoms. The predicted octanol–water partition coefficient (Wildman–Crippen LogP) is 2.42. The number of furan rings is 1. The molecule has 0 saturated carbocycles. The highest BCUT2D eigenvalue weighted by Crippen LogP contribution is 2.22. The lowest BCUT2D eigenvalue weighted by Gasteiger charge is -2.26. The van der Waals surface area contributed by atoms with E-state index in [1.165, 1.54) is 0 Å². The largest absolute Gasteiger partial charge is 0.451 e. The maximum atomic E-state index is 12.6. The summed E-state index contributed by atoms with van der Waals surface area (Å²) in [6.07, 6.45) is 4.08. The van der Waals surface area contributed by atoms with Gasteiger partial charge in [-0.05, 0) is 12.1 Å². The van der Waals surface area contributed by atoms with Gasteiger partial charge in [-0.2, -0.15) is 0 Å². The third kappa shape index (κ3) is 2.07. The van der Waals surface area contributed by atoms with Crippen LogP contribution >= 0.6 is 0 Å². The van der Waals surface area contributed by atoms with Gasteiger partial charge in [0.1, 0.15) is 11.9 Å². The van der Waals surface area contributed by atoms with Crippen LogP contribution in [0.5, 0.6) is 0 Å². The number of aromatic nitrogens is 2. The Morgan fingerprint density at radius 3 is 3.10 bits per heavy atom. The van der Waals surface area contributed by atoms with Crippen LogP contribution in [0, 0.1) is 0 Å². The van der Waals surface area contributed by atoms with Crippen LogP contribution in [0.3, 0.4) is 0 Å². The van der Waals surface area contributed by atoms with Crippen LogP contribution < -0.4 is 0 Å². The summed E-state index contributed by atoms with van der Waals surface area (Å²) in [5.41, 5.74) is 2.77. The van der Waals surface area contributed by atoms with Crippen molar-refractivity contribution in [2.24, 2.45) is 0 Å². The van der Waals surface area contributed by atoms with Gasteiger partial charge in [0.05, 0.1) is 5.69 Å². The molecule has 0 atom stereocenters. The number of fused-ring (bicyclic) bond motifs is 2.